The summed E-state index contributed by atoms with van der Waals surface area (Å²) in [5.41, 5.74) is 12.5. The third-order valence-corrected chi connectivity index (χ3v) is 17.7. The lowest BCUT2D eigenvalue weighted by molar-refractivity contribution is 0.126. The topological polar surface area (TPSA) is 6.48 Å². The van der Waals surface area contributed by atoms with Crippen molar-refractivity contribution in [3.63, 3.8) is 0 Å². The van der Waals surface area contributed by atoms with E-state index in [2.05, 4.69) is 76.6 Å². The molecule has 0 N–H and O–H groups in total. The van der Waals surface area contributed by atoms with Crippen molar-refractivity contribution in [1.29, 1.82) is 0 Å². The van der Waals surface area contributed by atoms with Gasteiger partial charge in [0.05, 0.1) is 6.04 Å². The van der Waals surface area contributed by atoms with E-state index < -0.39 is 0 Å². The van der Waals surface area contributed by atoms with Gasteiger partial charge in [0.15, 0.2) is 0 Å². The first-order chi connectivity index (χ1) is 27.8. The van der Waals surface area contributed by atoms with E-state index in [-0.39, 0.29) is 0 Å². The molecule has 10 atom stereocenters. The van der Waals surface area contributed by atoms with Gasteiger partial charge < -0.3 is 9.80 Å². The van der Waals surface area contributed by atoms with E-state index in [9.17, 15) is 0 Å². The van der Waals surface area contributed by atoms with E-state index in [1.807, 2.05) is 16.8 Å². The minimum atomic E-state index is 0.638. The lowest BCUT2D eigenvalue weighted by atomic mass is 9.69. The Morgan fingerprint density at radius 1 is 0.554 bits per heavy atom. The summed E-state index contributed by atoms with van der Waals surface area (Å²) >= 11 is 0. The van der Waals surface area contributed by atoms with Crippen molar-refractivity contribution in [2.45, 2.75) is 185 Å². The number of allylic oxidation sites excluding steroid dienone is 13. The van der Waals surface area contributed by atoms with Crippen LogP contribution in [0.3, 0.4) is 0 Å². The van der Waals surface area contributed by atoms with Crippen LogP contribution in [0.25, 0.3) is 0 Å². The predicted molar refractivity (Wildman–Crippen MR) is 234 cm³/mol. The van der Waals surface area contributed by atoms with Crippen molar-refractivity contribution in [2.24, 2.45) is 41.4 Å². The van der Waals surface area contributed by atoms with Crippen LogP contribution >= 0.6 is 0 Å². The molecule has 0 aromatic rings. The van der Waals surface area contributed by atoms with E-state index in [4.69, 9.17) is 0 Å². The minimum absolute atomic E-state index is 0.638. The lowest BCUT2D eigenvalue weighted by Crippen LogP contribution is -2.45. The molecule has 0 aromatic carbocycles. The standard InChI is InChI=1S/C54H72N2/c1-4-14-37(15-5-1)40-24-28-45(29-25-40)55-51-22-12-10-20-47(51)49-30-26-42(36-54(49)55)41-27-31-53-50(35-41)48-21-11-13-23-52(48)56(53)46-33-43(38-16-6-2-7-17-38)32-44(34-46)39-18-8-3-9-19-39/h4,10-11,14-16,20-21,28,30,32,39-42,44,46-48,51-52,54H,1-3,5-9,12-13,17-19,22-27,29,31,33-36H2. The molecule has 298 valence electrons. The SMILES string of the molecule is C1=CC(C2CC=C(N3C4CC(C5CCC6=C(C5)C5C=CCCC5N6C5CC(C6=CCCCC6)=CC(C6CCCCC6)C5)CC=C4C4C=CCCC43)CC2)=CCC1. The molecule has 2 aliphatic heterocycles. The largest absolute Gasteiger partial charge is 0.368 e. The molecule has 2 heterocycles. The van der Waals surface area contributed by atoms with Crippen molar-refractivity contribution in [3.05, 3.63) is 106 Å². The summed E-state index contributed by atoms with van der Waals surface area (Å²) in [6.45, 7) is 0. The van der Waals surface area contributed by atoms with Gasteiger partial charge in [-0.2, -0.15) is 0 Å². The number of hydrogen-bond acceptors (Lipinski definition) is 2. The lowest BCUT2D eigenvalue weighted by Gasteiger charge is -2.45. The maximum Gasteiger partial charge on any atom is 0.0512 e. The maximum absolute atomic E-state index is 3.17. The van der Waals surface area contributed by atoms with Gasteiger partial charge in [0, 0.05) is 41.4 Å². The molecule has 11 aliphatic rings. The van der Waals surface area contributed by atoms with Gasteiger partial charge in [0.25, 0.3) is 0 Å². The second-order valence-electron chi connectivity index (χ2n) is 20.6. The van der Waals surface area contributed by atoms with E-state index in [1.54, 1.807) is 22.4 Å². The number of hydrogen-bond donors (Lipinski definition) is 0. The summed E-state index contributed by atoms with van der Waals surface area (Å²) in [5, 5.41) is 0. The molecule has 0 aromatic heterocycles. The normalized spacial score (nSPS) is 39.9. The van der Waals surface area contributed by atoms with Crippen LogP contribution in [0.5, 0.6) is 0 Å². The Kier molecular flexibility index (Phi) is 10.2. The zero-order valence-corrected chi connectivity index (χ0v) is 34.8. The fraction of sp³-hybridized carbons (Fsp3) is 0.667. The zero-order chi connectivity index (χ0) is 37.0. The summed E-state index contributed by atoms with van der Waals surface area (Å²) in [5.74, 6) is 5.48. The molecule has 11 rings (SSSR count). The Balaban J connectivity index is 0.846. The molecule has 9 aliphatic carbocycles. The smallest absolute Gasteiger partial charge is 0.0512 e. The Morgan fingerprint density at radius 2 is 1.43 bits per heavy atom. The third kappa shape index (κ3) is 6.68. The number of nitrogens with zero attached hydrogens (tertiary/aromatic N) is 2. The molecule has 0 spiro atoms. The Bertz CT molecular complexity index is 1780. The molecule has 0 radical (unpaired) electrons. The zero-order valence-electron chi connectivity index (χ0n) is 34.8. The molecule has 2 fully saturated rings. The van der Waals surface area contributed by atoms with Gasteiger partial charge in [-0.25, -0.2) is 0 Å². The Morgan fingerprint density at radius 3 is 2.23 bits per heavy atom. The molecular formula is C54H72N2. The first kappa shape index (κ1) is 36.3. The van der Waals surface area contributed by atoms with Gasteiger partial charge in [-0.05, 0) is 199 Å². The van der Waals surface area contributed by atoms with Gasteiger partial charge in [-0.1, -0.05) is 86.1 Å². The molecule has 1 saturated heterocycles. The molecule has 10 unspecified atom stereocenters. The number of fused-ring (bicyclic) bond motifs is 5. The molecule has 2 heteroatoms. The van der Waals surface area contributed by atoms with Gasteiger partial charge in [-0.15, -0.1) is 0 Å². The van der Waals surface area contributed by atoms with E-state index >= 15 is 0 Å². The van der Waals surface area contributed by atoms with Gasteiger partial charge >= 0.3 is 0 Å². The van der Waals surface area contributed by atoms with Gasteiger partial charge in [-0.3, -0.25) is 0 Å². The Hall–Kier alpha value is -2.74. The quantitative estimate of drug-likeness (QED) is 0.250. The summed E-state index contributed by atoms with van der Waals surface area (Å²) in [6, 6.07) is 2.77. The van der Waals surface area contributed by atoms with Crippen LogP contribution < -0.4 is 0 Å². The van der Waals surface area contributed by atoms with Gasteiger partial charge in [0.2, 0.25) is 0 Å². The van der Waals surface area contributed by atoms with Crippen LogP contribution in [0.2, 0.25) is 0 Å². The molecule has 0 amide bonds. The highest BCUT2D eigenvalue weighted by Gasteiger charge is 2.51. The van der Waals surface area contributed by atoms with Crippen LogP contribution in [0.1, 0.15) is 161 Å². The number of rotatable bonds is 6. The summed E-state index contributed by atoms with van der Waals surface area (Å²) in [6.07, 6.45) is 62.9. The van der Waals surface area contributed by atoms with Crippen LogP contribution in [-0.2, 0) is 0 Å². The molecule has 56 heavy (non-hydrogen) atoms. The second kappa shape index (κ2) is 15.8. The summed E-state index contributed by atoms with van der Waals surface area (Å²) in [4.78, 5) is 6.22. The van der Waals surface area contributed by atoms with Gasteiger partial charge in [0.1, 0.15) is 0 Å². The van der Waals surface area contributed by atoms with Crippen LogP contribution in [0.15, 0.2) is 106 Å². The average Bonchev–Trinajstić information content (AvgIpc) is 3.79. The first-order valence-electron chi connectivity index (χ1n) is 24.5. The highest BCUT2D eigenvalue weighted by atomic mass is 15.2. The number of likely N-dealkylation sites (tertiary alicyclic amines) is 1. The fourth-order valence-electron chi connectivity index (χ4n) is 15.1. The molecule has 2 nitrogen and oxygen atoms in total. The maximum atomic E-state index is 3.17. The summed E-state index contributed by atoms with van der Waals surface area (Å²) in [7, 11) is 0. The highest BCUT2D eigenvalue weighted by Crippen LogP contribution is 2.56. The van der Waals surface area contributed by atoms with Crippen molar-refractivity contribution >= 4 is 0 Å². The monoisotopic (exact) mass is 749 g/mol. The molecule has 0 bridgehead atoms. The van der Waals surface area contributed by atoms with Crippen molar-refractivity contribution in [2.75, 3.05) is 0 Å². The molecule has 1 saturated carbocycles. The minimum Gasteiger partial charge on any atom is -0.368 e. The third-order valence-electron chi connectivity index (χ3n) is 17.7. The average molecular weight is 749 g/mol. The first-order valence-corrected chi connectivity index (χ1v) is 24.5. The van der Waals surface area contributed by atoms with Crippen molar-refractivity contribution < 1.29 is 0 Å². The Labute approximate surface area is 340 Å². The van der Waals surface area contributed by atoms with Crippen LogP contribution in [-0.4, -0.2) is 34.0 Å². The highest BCUT2D eigenvalue weighted by molar-refractivity contribution is 5.40. The van der Waals surface area contributed by atoms with E-state index in [1.165, 1.54) is 161 Å². The van der Waals surface area contributed by atoms with E-state index in [0.29, 0.717) is 30.0 Å². The predicted octanol–water partition coefficient (Wildman–Crippen LogP) is 13.8. The van der Waals surface area contributed by atoms with Crippen molar-refractivity contribution in [3.8, 4) is 0 Å². The van der Waals surface area contributed by atoms with Crippen LogP contribution in [0, 0.1) is 41.4 Å². The van der Waals surface area contributed by atoms with Crippen molar-refractivity contribution in [1.82, 2.24) is 9.80 Å². The summed E-state index contributed by atoms with van der Waals surface area (Å²) < 4.78 is 0. The van der Waals surface area contributed by atoms with Crippen LogP contribution in [0.4, 0.5) is 0 Å². The molecular weight excluding hydrogens is 677 g/mol. The second-order valence-corrected chi connectivity index (χ2v) is 20.6. The fourth-order valence-corrected chi connectivity index (χ4v) is 15.1. The van der Waals surface area contributed by atoms with E-state index in [0.717, 1.165) is 35.6 Å².